The molecule has 0 bridgehead atoms. The van der Waals surface area contributed by atoms with Crippen LogP contribution in [0.2, 0.25) is 0 Å². The van der Waals surface area contributed by atoms with E-state index >= 15 is 0 Å². The largest absolute Gasteiger partial charge is 1.00 e. The van der Waals surface area contributed by atoms with E-state index in [0.717, 1.165) is 0 Å². The van der Waals surface area contributed by atoms with Crippen LogP contribution < -0.4 is 28.7 Å². The fourth-order valence-corrected chi connectivity index (χ4v) is 0.692. The number of hydrogen-bond acceptors (Lipinski definition) is 4. The number of benzene rings is 1. The van der Waals surface area contributed by atoms with Crippen LogP contribution in [0.5, 0.6) is 5.75 Å². The Bertz CT molecular complexity index is 375. The molecular formula is C13H15LiO4. The molecule has 92 valence electrons. The number of aliphatic carboxylic acids is 1. The van der Waals surface area contributed by atoms with Crippen molar-refractivity contribution >= 4 is 11.9 Å². The zero-order valence-corrected chi connectivity index (χ0v) is 10.9. The molecule has 0 amide bonds. The van der Waals surface area contributed by atoms with Crippen molar-refractivity contribution in [3.8, 4) is 5.75 Å². The second-order valence-corrected chi connectivity index (χ2v) is 3.21. The molecule has 1 rings (SSSR count). The number of para-hydroxylation sites is 1. The second kappa shape index (κ2) is 10.6. The molecule has 0 saturated heterocycles. The summed E-state index contributed by atoms with van der Waals surface area (Å²) in [6.07, 6.45) is 0.412. The fourth-order valence-electron chi connectivity index (χ4n) is 0.692. The van der Waals surface area contributed by atoms with Crippen LogP contribution in [0.4, 0.5) is 0 Å². The van der Waals surface area contributed by atoms with Gasteiger partial charge in [0, 0.05) is 6.42 Å². The van der Waals surface area contributed by atoms with Crippen molar-refractivity contribution in [2.24, 2.45) is 0 Å². The molecule has 4 nitrogen and oxygen atoms in total. The van der Waals surface area contributed by atoms with Crippen molar-refractivity contribution in [1.29, 1.82) is 0 Å². The Morgan fingerprint density at radius 2 is 1.72 bits per heavy atom. The molecule has 0 radical (unpaired) electrons. The van der Waals surface area contributed by atoms with E-state index < -0.39 is 5.97 Å². The van der Waals surface area contributed by atoms with Crippen LogP contribution in [0.1, 0.15) is 20.3 Å². The third kappa shape index (κ3) is 9.70. The van der Waals surface area contributed by atoms with Gasteiger partial charge in [-0.3, -0.25) is 4.79 Å². The van der Waals surface area contributed by atoms with Gasteiger partial charge in [0.05, 0.1) is 5.97 Å². The van der Waals surface area contributed by atoms with Crippen molar-refractivity contribution in [1.82, 2.24) is 0 Å². The number of rotatable bonds is 3. The molecule has 1 aromatic rings. The maximum atomic E-state index is 10.8. The summed E-state index contributed by atoms with van der Waals surface area (Å²) in [6, 6.07) is 9.06. The van der Waals surface area contributed by atoms with Crippen LogP contribution in [-0.4, -0.2) is 11.9 Å². The predicted molar refractivity (Wildman–Crippen MR) is 62.2 cm³/mol. The van der Waals surface area contributed by atoms with E-state index in [4.69, 9.17) is 4.74 Å². The summed E-state index contributed by atoms with van der Waals surface area (Å²) >= 11 is 0. The predicted octanol–water partition coefficient (Wildman–Crippen LogP) is -1.68. The number of carboxylic acids is 1. The third-order valence-electron chi connectivity index (χ3n) is 1.61. The standard InChI is InChI=1S/C9H10O2.C4H6O2.Li/c1-2-9(10)11-8-6-4-3-5-7-8;1-3(2)4(5)6;/h3-7H,2H2,1H3;1H2,2H3,(H,5,6);/q;;+1/p-1. The van der Waals surface area contributed by atoms with Gasteiger partial charge in [-0.1, -0.05) is 31.7 Å². The zero-order valence-electron chi connectivity index (χ0n) is 10.9. The van der Waals surface area contributed by atoms with Crippen LogP contribution in [-0.2, 0) is 9.59 Å². The van der Waals surface area contributed by atoms with E-state index in [-0.39, 0.29) is 30.4 Å². The van der Waals surface area contributed by atoms with E-state index in [1.165, 1.54) is 6.92 Å². The van der Waals surface area contributed by atoms with Gasteiger partial charge in [0.15, 0.2) is 0 Å². The number of hydrogen-bond donors (Lipinski definition) is 0. The van der Waals surface area contributed by atoms with Crippen molar-refractivity contribution in [2.75, 3.05) is 0 Å². The molecule has 1 aromatic carbocycles. The maximum absolute atomic E-state index is 10.8. The Hall–Kier alpha value is -1.50. The van der Waals surface area contributed by atoms with Gasteiger partial charge in [-0.15, -0.1) is 0 Å². The molecule has 0 aliphatic heterocycles. The van der Waals surface area contributed by atoms with Crippen LogP contribution in [0.3, 0.4) is 0 Å². The van der Waals surface area contributed by atoms with Gasteiger partial charge in [0.25, 0.3) is 0 Å². The van der Waals surface area contributed by atoms with Gasteiger partial charge in [0.1, 0.15) is 5.75 Å². The molecule has 0 aliphatic rings. The summed E-state index contributed by atoms with van der Waals surface area (Å²) in [4.78, 5) is 20.2. The van der Waals surface area contributed by atoms with Crippen LogP contribution in [0, 0.1) is 0 Å². The number of carbonyl (C=O) groups is 2. The molecule has 0 spiro atoms. The molecule has 0 fully saturated rings. The number of ether oxygens (including phenoxy) is 1. The molecular weight excluding hydrogens is 227 g/mol. The van der Waals surface area contributed by atoms with E-state index in [1.807, 2.05) is 18.2 Å². The zero-order chi connectivity index (χ0) is 13.3. The summed E-state index contributed by atoms with van der Waals surface area (Å²) in [5.41, 5.74) is 0.0648. The van der Waals surface area contributed by atoms with Crippen molar-refractivity contribution in [2.45, 2.75) is 20.3 Å². The summed E-state index contributed by atoms with van der Waals surface area (Å²) in [5, 5.41) is 9.49. The van der Waals surface area contributed by atoms with Gasteiger partial charge in [-0.05, 0) is 24.6 Å². The van der Waals surface area contributed by atoms with Crippen LogP contribution >= 0.6 is 0 Å². The average molecular weight is 242 g/mol. The minimum absolute atomic E-state index is 0. The monoisotopic (exact) mass is 242 g/mol. The number of carboxylic acid groups (broad SMARTS) is 1. The number of carbonyl (C=O) groups excluding carboxylic acids is 2. The van der Waals surface area contributed by atoms with Gasteiger partial charge in [-0.2, -0.15) is 0 Å². The van der Waals surface area contributed by atoms with Gasteiger partial charge >= 0.3 is 24.8 Å². The SMILES string of the molecule is C=C(C)C(=O)[O-].CCC(=O)Oc1ccccc1.[Li+]. The van der Waals surface area contributed by atoms with Crippen LogP contribution in [0.25, 0.3) is 0 Å². The van der Waals surface area contributed by atoms with Gasteiger partial charge < -0.3 is 14.6 Å². The smallest absolute Gasteiger partial charge is 0.545 e. The van der Waals surface area contributed by atoms with E-state index in [9.17, 15) is 14.7 Å². The molecule has 0 unspecified atom stereocenters. The first-order valence-corrected chi connectivity index (χ1v) is 5.10. The third-order valence-corrected chi connectivity index (χ3v) is 1.61. The maximum Gasteiger partial charge on any atom is 1.00 e. The average Bonchev–Trinajstić information content (AvgIpc) is 2.31. The Balaban J connectivity index is 0. The van der Waals surface area contributed by atoms with Crippen molar-refractivity contribution < 1.29 is 38.3 Å². The Kier molecular flexibility index (Phi) is 11.1. The Morgan fingerprint density at radius 3 is 2.06 bits per heavy atom. The summed E-state index contributed by atoms with van der Waals surface area (Å²) in [7, 11) is 0. The minimum Gasteiger partial charge on any atom is -0.545 e. The van der Waals surface area contributed by atoms with Crippen LogP contribution in [0.15, 0.2) is 42.5 Å². The molecule has 0 saturated carbocycles. The molecule has 18 heavy (non-hydrogen) atoms. The molecule has 0 aromatic heterocycles. The summed E-state index contributed by atoms with van der Waals surface area (Å²) < 4.78 is 4.92. The van der Waals surface area contributed by atoms with Crippen molar-refractivity contribution in [3.05, 3.63) is 42.5 Å². The molecule has 0 aliphatic carbocycles. The second-order valence-electron chi connectivity index (χ2n) is 3.21. The topological polar surface area (TPSA) is 66.4 Å². The Labute approximate surface area is 119 Å². The first-order chi connectivity index (χ1) is 7.97. The summed E-state index contributed by atoms with van der Waals surface area (Å²) in [5.74, 6) is -0.773. The fraction of sp³-hybridized carbons (Fsp3) is 0.231. The van der Waals surface area contributed by atoms with Gasteiger partial charge in [-0.25, -0.2) is 0 Å². The molecule has 0 N–H and O–H groups in total. The van der Waals surface area contributed by atoms with E-state index in [1.54, 1.807) is 19.1 Å². The number of esters is 1. The van der Waals surface area contributed by atoms with E-state index in [2.05, 4.69) is 6.58 Å². The van der Waals surface area contributed by atoms with E-state index in [0.29, 0.717) is 12.2 Å². The molecule has 0 heterocycles. The van der Waals surface area contributed by atoms with Crippen molar-refractivity contribution in [3.63, 3.8) is 0 Å². The first kappa shape index (κ1) is 18.9. The minimum atomic E-state index is -1.19. The quantitative estimate of drug-likeness (QED) is 0.275. The molecule has 0 atom stereocenters. The van der Waals surface area contributed by atoms with Gasteiger partial charge in [0.2, 0.25) is 0 Å². The Morgan fingerprint density at radius 1 is 1.28 bits per heavy atom. The summed E-state index contributed by atoms with van der Waals surface area (Å²) in [6.45, 7) is 6.25. The normalized spacial score (nSPS) is 8.11. The molecule has 5 heteroatoms. The first-order valence-electron chi connectivity index (χ1n) is 5.10.